The minimum atomic E-state index is -3.44. The molecule has 2 rings (SSSR count). The van der Waals surface area contributed by atoms with Gasteiger partial charge in [-0.2, -0.15) is 0 Å². The van der Waals surface area contributed by atoms with E-state index in [4.69, 9.17) is 0 Å². The van der Waals surface area contributed by atoms with Crippen LogP contribution in [0.2, 0.25) is 0 Å². The second-order valence-electron chi connectivity index (χ2n) is 5.57. The van der Waals surface area contributed by atoms with Gasteiger partial charge in [-0.1, -0.05) is 42.0 Å². The Morgan fingerprint density at radius 1 is 1.09 bits per heavy atom. The van der Waals surface area contributed by atoms with Gasteiger partial charge in [-0.25, -0.2) is 8.42 Å². The zero-order valence-corrected chi connectivity index (χ0v) is 14.2. The molecule has 0 aliphatic carbocycles. The molecule has 6 heteroatoms. The Morgan fingerprint density at radius 2 is 1.70 bits per heavy atom. The number of sulfonamides is 1. The van der Waals surface area contributed by atoms with E-state index in [0.717, 1.165) is 17.4 Å². The Morgan fingerprint density at radius 3 is 2.30 bits per heavy atom. The predicted molar refractivity (Wildman–Crippen MR) is 91.9 cm³/mol. The molecule has 1 N–H and O–H groups in total. The number of anilines is 1. The highest BCUT2D eigenvalue weighted by atomic mass is 32.2. The number of rotatable bonds is 5. The highest BCUT2D eigenvalue weighted by Crippen LogP contribution is 2.19. The lowest BCUT2D eigenvalue weighted by molar-refractivity contribution is 0.0786. The minimum absolute atomic E-state index is 0.239. The van der Waals surface area contributed by atoms with E-state index < -0.39 is 10.0 Å². The molecular formula is C17H20N2O3S. The maximum atomic E-state index is 12.6. The minimum Gasteiger partial charge on any atom is -0.337 e. The van der Waals surface area contributed by atoms with Crippen molar-refractivity contribution in [3.8, 4) is 0 Å². The summed E-state index contributed by atoms with van der Waals surface area (Å²) in [5, 5.41) is 0. The van der Waals surface area contributed by atoms with E-state index >= 15 is 0 Å². The predicted octanol–water partition coefficient (Wildman–Crippen LogP) is 2.64. The molecule has 0 heterocycles. The molecule has 23 heavy (non-hydrogen) atoms. The Hall–Kier alpha value is -2.34. The number of aryl methyl sites for hydroxylation is 1. The number of amides is 1. The first kappa shape index (κ1) is 17.0. The molecule has 0 saturated carbocycles. The first-order valence-electron chi connectivity index (χ1n) is 7.14. The van der Waals surface area contributed by atoms with E-state index in [9.17, 15) is 13.2 Å². The van der Waals surface area contributed by atoms with Crippen LogP contribution in [-0.2, 0) is 16.6 Å². The normalized spacial score (nSPS) is 11.1. The van der Waals surface area contributed by atoms with Crippen LogP contribution in [0.1, 0.15) is 21.5 Å². The lowest BCUT2D eigenvalue weighted by atomic mass is 10.1. The number of carbonyl (C=O) groups excluding carboxylic acids is 1. The number of nitrogens with one attached hydrogen (secondary N) is 1. The number of hydrogen-bond acceptors (Lipinski definition) is 3. The van der Waals surface area contributed by atoms with Crippen molar-refractivity contribution in [1.82, 2.24) is 4.90 Å². The molecule has 0 radical (unpaired) electrons. The quantitative estimate of drug-likeness (QED) is 0.915. The van der Waals surface area contributed by atoms with Crippen molar-refractivity contribution in [3.05, 3.63) is 65.2 Å². The average Bonchev–Trinajstić information content (AvgIpc) is 2.48. The zero-order chi connectivity index (χ0) is 17.0. The van der Waals surface area contributed by atoms with Crippen LogP contribution >= 0.6 is 0 Å². The average molecular weight is 332 g/mol. The first-order valence-corrected chi connectivity index (χ1v) is 9.03. The summed E-state index contributed by atoms with van der Waals surface area (Å²) in [5.74, 6) is -0.239. The maximum Gasteiger partial charge on any atom is 0.256 e. The van der Waals surface area contributed by atoms with Crippen LogP contribution in [0, 0.1) is 6.92 Å². The van der Waals surface area contributed by atoms with Gasteiger partial charge in [0.25, 0.3) is 5.91 Å². The largest absolute Gasteiger partial charge is 0.337 e. The van der Waals surface area contributed by atoms with Crippen molar-refractivity contribution in [3.63, 3.8) is 0 Å². The van der Waals surface area contributed by atoms with Crippen molar-refractivity contribution in [2.75, 3.05) is 18.0 Å². The van der Waals surface area contributed by atoms with Gasteiger partial charge in [-0.05, 0) is 24.6 Å². The number of carbonyl (C=O) groups is 1. The molecule has 2 aromatic rings. The fourth-order valence-electron chi connectivity index (χ4n) is 2.20. The van der Waals surface area contributed by atoms with Crippen LogP contribution in [-0.4, -0.2) is 32.5 Å². The molecule has 122 valence electrons. The van der Waals surface area contributed by atoms with Crippen LogP contribution < -0.4 is 4.72 Å². The summed E-state index contributed by atoms with van der Waals surface area (Å²) in [5.41, 5.74) is 2.79. The van der Waals surface area contributed by atoms with Crippen molar-refractivity contribution in [2.45, 2.75) is 13.5 Å². The third kappa shape index (κ3) is 4.82. The van der Waals surface area contributed by atoms with Gasteiger partial charge in [0.15, 0.2) is 0 Å². The molecule has 2 aromatic carbocycles. The number of hydrogen-bond donors (Lipinski definition) is 1. The summed E-state index contributed by atoms with van der Waals surface area (Å²) in [6, 6.07) is 14.5. The summed E-state index contributed by atoms with van der Waals surface area (Å²) < 4.78 is 25.2. The standard InChI is InChI=1S/C17H20N2O3S/c1-13-8-10-14(11-9-13)12-19(2)17(20)15-6-4-5-7-16(15)18-23(3,21)22/h4-11,18H,12H2,1-3H3. The fourth-order valence-corrected chi connectivity index (χ4v) is 2.78. The number of para-hydroxylation sites is 1. The second kappa shape index (κ2) is 6.83. The van der Waals surface area contributed by atoms with Gasteiger partial charge < -0.3 is 4.90 Å². The monoisotopic (exact) mass is 332 g/mol. The molecule has 1 amide bonds. The molecule has 0 aliphatic heterocycles. The Balaban J connectivity index is 2.21. The molecule has 0 unspecified atom stereocenters. The van der Waals surface area contributed by atoms with Crippen molar-refractivity contribution >= 4 is 21.6 Å². The van der Waals surface area contributed by atoms with Crippen LogP contribution in [0.25, 0.3) is 0 Å². The van der Waals surface area contributed by atoms with E-state index in [1.165, 1.54) is 0 Å². The summed E-state index contributed by atoms with van der Waals surface area (Å²) in [6.45, 7) is 2.46. The van der Waals surface area contributed by atoms with Gasteiger partial charge in [-0.3, -0.25) is 9.52 Å². The van der Waals surface area contributed by atoms with E-state index in [0.29, 0.717) is 12.1 Å². The second-order valence-corrected chi connectivity index (χ2v) is 7.32. The van der Waals surface area contributed by atoms with Gasteiger partial charge in [0, 0.05) is 13.6 Å². The SMILES string of the molecule is Cc1ccc(CN(C)C(=O)c2ccccc2NS(C)(=O)=O)cc1. The summed E-state index contributed by atoms with van der Waals surface area (Å²) in [4.78, 5) is 14.2. The van der Waals surface area contributed by atoms with E-state index in [2.05, 4.69) is 4.72 Å². The van der Waals surface area contributed by atoms with Crippen LogP contribution in [0.15, 0.2) is 48.5 Å². The highest BCUT2D eigenvalue weighted by molar-refractivity contribution is 7.92. The summed E-state index contributed by atoms with van der Waals surface area (Å²) >= 11 is 0. The molecule has 0 atom stereocenters. The smallest absolute Gasteiger partial charge is 0.256 e. The maximum absolute atomic E-state index is 12.6. The lowest BCUT2D eigenvalue weighted by Crippen LogP contribution is -2.27. The van der Waals surface area contributed by atoms with Crippen LogP contribution in [0.5, 0.6) is 0 Å². The van der Waals surface area contributed by atoms with Gasteiger partial charge in [-0.15, -0.1) is 0 Å². The van der Waals surface area contributed by atoms with E-state index in [1.54, 1.807) is 36.2 Å². The Labute approximate surface area is 137 Å². The molecule has 0 bridgehead atoms. The topological polar surface area (TPSA) is 66.5 Å². The van der Waals surface area contributed by atoms with Crippen LogP contribution in [0.4, 0.5) is 5.69 Å². The lowest BCUT2D eigenvalue weighted by Gasteiger charge is -2.19. The molecule has 0 aliphatic rings. The summed E-state index contributed by atoms with van der Waals surface area (Å²) in [6.07, 6.45) is 1.06. The van der Waals surface area contributed by atoms with Crippen molar-refractivity contribution in [2.24, 2.45) is 0 Å². The Kier molecular flexibility index (Phi) is 5.05. The molecule has 0 aromatic heterocycles. The molecular weight excluding hydrogens is 312 g/mol. The fraction of sp³-hybridized carbons (Fsp3) is 0.235. The third-order valence-electron chi connectivity index (χ3n) is 3.34. The van der Waals surface area contributed by atoms with Crippen molar-refractivity contribution in [1.29, 1.82) is 0 Å². The van der Waals surface area contributed by atoms with Gasteiger partial charge in [0.1, 0.15) is 0 Å². The molecule has 0 spiro atoms. The van der Waals surface area contributed by atoms with E-state index in [1.807, 2.05) is 31.2 Å². The number of nitrogens with zero attached hydrogens (tertiary/aromatic N) is 1. The van der Waals surface area contributed by atoms with Crippen molar-refractivity contribution < 1.29 is 13.2 Å². The van der Waals surface area contributed by atoms with Gasteiger partial charge in [0.05, 0.1) is 17.5 Å². The van der Waals surface area contributed by atoms with Gasteiger partial charge >= 0.3 is 0 Å². The first-order chi connectivity index (χ1) is 10.8. The Bertz CT molecular complexity index is 799. The van der Waals surface area contributed by atoms with Gasteiger partial charge in [0.2, 0.25) is 10.0 Å². The third-order valence-corrected chi connectivity index (χ3v) is 3.93. The highest BCUT2D eigenvalue weighted by Gasteiger charge is 2.17. The zero-order valence-electron chi connectivity index (χ0n) is 13.4. The molecule has 0 saturated heterocycles. The molecule has 0 fully saturated rings. The number of benzene rings is 2. The summed E-state index contributed by atoms with van der Waals surface area (Å²) in [7, 11) is -1.75. The van der Waals surface area contributed by atoms with E-state index in [-0.39, 0.29) is 11.6 Å². The molecule has 5 nitrogen and oxygen atoms in total. The van der Waals surface area contributed by atoms with Crippen LogP contribution in [0.3, 0.4) is 0 Å².